The van der Waals surface area contributed by atoms with Crippen LogP contribution in [-0.2, 0) is 10.0 Å². The normalized spacial score (nSPS) is 11.7. The molecule has 0 fully saturated rings. The number of amides is 1. The fourth-order valence-electron chi connectivity index (χ4n) is 1.43. The van der Waals surface area contributed by atoms with Crippen molar-refractivity contribution in [2.75, 3.05) is 11.3 Å². The highest BCUT2D eigenvalue weighted by Gasteiger charge is 2.19. The van der Waals surface area contributed by atoms with Gasteiger partial charge in [0, 0.05) is 6.54 Å². The van der Waals surface area contributed by atoms with Crippen LogP contribution in [0.2, 0.25) is 0 Å². The molecule has 0 saturated carbocycles. The number of para-hydroxylation sites is 1. The van der Waals surface area contributed by atoms with Gasteiger partial charge in [-0.25, -0.2) is 8.42 Å². The van der Waals surface area contributed by atoms with E-state index in [1.165, 1.54) is 0 Å². The van der Waals surface area contributed by atoms with Gasteiger partial charge in [-0.05, 0) is 31.9 Å². The number of nitrogens with one attached hydrogen (secondary N) is 2. The van der Waals surface area contributed by atoms with Crippen molar-refractivity contribution in [3.05, 3.63) is 29.8 Å². The molecule has 0 atom stereocenters. The molecule has 1 rings (SSSR count). The zero-order chi connectivity index (χ0) is 15.3. The largest absolute Gasteiger partial charge is 0.352 e. The Morgan fingerprint density at radius 1 is 1.15 bits per heavy atom. The van der Waals surface area contributed by atoms with E-state index in [0.717, 1.165) is 0 Å². The lowest BCUT2D eigenvalue weighted by molar-refractivity contribution is 0.0950. The number of sulfonamides is 1. The molecule has 1 amide bonds. The summed E-state index contributed by atoms with van der Waals surface area (Å²) in [6.45, 7) is 7.71. The monoisotopic (exact) mass is 298 g/mol. The predicted octanol–water partition coefficient (Wildman–Crippen LogP) is 2.22. The lowest BCUT2D eigenvalue weighted by Crippen LogP contribution is -2.29. The third-order valence-corrected chi connectivity index (χ3v) is 4.46. The first-order valence-electron chi connectivity index (χ1n) is 6.63. The Labute approximate surface area is 120 Å². The summed E-state index contributed by atoms with van der Waals surface area (Å²) in [5.41, 5.74) is 0.639. The number of hydrogen-bond donors (Lipinski definition) is 2. The summed E-state index contributed by atoms with van der Waals surface area (Å²) in [6.07, 6.45) is 0. The summed E-state index contributed by atoms with van der Waals surface area (Å²) in [5, 5.41) is 2.22. The fraction of sp³-hybridized carbons (Fsp3) is 0.500. The smallest absolute Gasteiger partial charge is 0.253 e. The zero-order valence-corrected chi connectivity index (χ0v) is 13.1. The van der Waals surface area contributed by atoms with Crippen molar-refractivity contribution in [2.45, 2.75) is 32.9 Å². The van der Waals surface area contributed by atoms with Crippen molar-refractivity contribution in [2.24, 2.45) is 5.92 Å². The van der Waals surface area contributed by atoms with Gasteiger partial charge in [-0.1, -0.05) is 26.0 Å². The number of anilines is 1. The molecule has 0 bridgehead atoms. The first-order valence-corrected chi connectivity index (χ1v) is 8.17. The number of rotatable bonds is 6. The van der Waals surface area contributed by atoms with Crippen LogP contribution in [0.5, 0.6) is 0 Å². The van der Waals surface area contributed by atoms with E-state index >= 15 is 0 Å². The zero-order valence-electron chi connectivity index (χ0n) is 12.3. The van der Waals surface area contributed by atoms with Gasteiger partial charge in [-0.15, -0.1) is 0 Å². The van der Waals surface area contributed by atoms with Crippen LogP contribution in [0.15, 0.2) is 24.3 Å². The molecule has 5 nitrogen and oxygen atoms in total. The van der Waals surface area contributed by atoms with E-state index in [1.807, 2.05) is 13.8 Å². The number of carbonyl (C=O) groups excluding carboxylic acids is 1. The van der Waals surface area contributed by atoms with Crippen LogP contribution in [0.1, 0.15) is 38.1 Å². The van der Waals surface area contributed by atoms with Crippen LogP contribution in [0.25, 0.3) is 0 Å². The summed E-state index contributed by atoms with van der Waals surface area (Å²) < 4.78 is 26.3. The molecule has 0 aliphatic rings. The van der Waals surface area contributed by atoms with Crippen LogP contribution in [0.3, 0.4) is 0 Å². The molecular weight excluding hydrogens is 276 g/mol. The van der Waals surface area contributed by atoms with Gasteiger partial charge in [-0.2, -0.15) is 0 Å². The summed E-state index contributed by atoms with van der Waals surface area (Å²) in [5.74, 6) is 0.0548. The molecule has 1 aromatic rings. The Morgan fingerprint density at radius 2 is 1.75 bits per heavy atom. The lowest BCUT2D eigenvalue weighted by atomic mass is 10.1. The molecule has 0 unspecified atom stereocenters. The standard InChI is InChI=1S/C14H22N2O3S/c1-10(2)9-15-14(17)12-7-5-6-8-13(12)16-20(18,19)11(3)4/h5-8,10-11,16H,9H2,1-4H3,(H,15,17). The third kappa shape index (κ3) is 4.52. The van der Waals surface area contributed by atoms with Gasteiger partial charge in [0.05, 0.1) is 16.5 Å². The first-order chi connectivity index (χ1) is 9.24. The maximum atomic E-state index is 12.1. The Hall–Kier alpha value is -1.56. The predicted molar refractivity (Wildman–Crippen MR) is 81.3 cm³/mol. The Kier molecular flexibility index (Phi) is 5.56. The molecule has 0 heterocycles. The van der Waals surface area contributed by atoms with Gasteiger partial charge in [-0.3, -0.25) is 9.52 Å². The van der Waals surface area contributed by atoms with E-state index < -0.39 is 15.3 Å². The summed E-state index contributed by atoms with van der Waals surface area (Å²) in [4.78, 5) is 12.1. The van der Waals surface area contributed by atoms with Crippen molar-refractivity contribution < 1.29 is 13.2 Å². The van der Waals surface area contributed by atoms with Gasteiger partial charge in [0.2, 0.25) is 10.0 Å². The molecule has 0 radical (unpaired) electrons. The average Bonchev–Trinajstić information content (AvgIpc) is 2.36. The highest BCUT2D eigenvalue weighted by molar-refractivity contribution is 7.93. The Morgan fingerprint density at radius 3 is 2.30 bits per heavy atom. The van der Waals surface area contributed by atoms with Crippen LogP contribution in [0.4, 0.5) is 5.69 Å². The second-order valence-electron chi connectivity index (χ2n) is 5.35. The van der Waals surface area contributed by atoms with Gasteiger partial charge >= 0.3 is 0 Å². The van der Waals surface area contributed by atoms with Crippen molar-refractivity contribution in [1.82, 2.24) is 5.32 Å². The molecular formula is C14H22N2O3S. The fourth-order valence-corrected chi connectivity index (χ4v) is 2.15. The van der Waals surface area contributed by atoms with Gasteiger partial charge in [0.15, 0.2) is 0 Å². The Bertz CT molecular complexity index is 566. The molecule has 20 heavy (non-hydrogen) atoms. The first kappa shape index (κ1) is 16.5. The molecule has 2 N–H and O–H groups in total. The quantitative estimate of drug-likeness (QED) is 0.845. The number of carbonyl (C=O) groups is 1. The minimum absolute atomic E-state index is 0.277. The van der Waals surface area contributed by atoms with E-state index in [1.54, 1.807) is 38.1 Å². The van der Waals surface area contributed by atoms with E-state index in [4.69, 9.17) is 0 Å². The van der Waals surface area contributed by atoms with E-state index in [9.17, 15) is 13.2 Å². The number of benzene rings is 1. The van der Waals surface area contributed by atoms with Gasteiger partial charge in [0.25, 0.3) is 5.91 Å². The summed E-state index contributed by atoms with van der Waals surface area (Å²) in [7, 11) is -3.47. The molecule has 0 aliphatic carbocycles. The third-order valence-electron chi connectivity index (χ3n) is 2.72. The van der Waals surface area contributed by atoms with E-state index in [0.29, 0.717) is 23.7 Å². The second kappa shape index (κ2) is 6.74. The highest BCUT2D eigenvalue weighted by Crippen LogP contribution is 2.18. The summed E-state index contributed by atoms with van der Waals surface area (Å²) >= 11 is 0. The minimum Gasteiger partial charge on any atom is -0.352 e. The molecule has 1 aromatic carbocycles. The molecule has 0 aromatic heterocycles. The van der Waals surface area contributed by atoms with E-state index in [2.05, 4.69) is 10.0 Å². The Balaban J connectivity index is 2.97. The summed E-state index contributed by atoms with van der Waals surface area (Å²) in [6, 6.07) is 6.59. The topological polar surface area (TPSA) is 75.3 Å². The second-order valence-corrected chi connectivity index (χ2v) is 7.58. The van der Waals surface area contributed by atoms with Crippen LogP contribution < -0.4 is 10.0 Å². The lowest BCUT2D eigenvalue weighted by Gasteiger charge is -2.15. The number of hydrogen-bond acceptors (Lipinski definition) is 3. The van der Waals surface area contributed by atoms with Crippen LogP contribution in [-0.4, -0.2) is 26.1 Å². The maximum absolute atomic E-state index is 12.1. The highest BCUT2D eigenvalue weighted by atomic mass is 32.2. The van der Waals surface area contributed by atoms with Gasteiger partial charge < -0.3 is 5.32 Å². The van der Waals surface area contributed by atoms with Crippen molar-refractivity contribution in [3.8, 4) is 0 Å². The van der Waals surface area contributed by atoms with Crippen molar-refractivity contribution in [1.29, 1.82) is 0 Å². The molecule has 112 valence electrons. The molecule has 0 aliphatic heterocycles. The molecule has 0 spiro atoms. The average molecular weight is 298 g/mol. The molecule has 0 saturated heterocycles. The van der Waals surface area contributed by atoms with Crippen LogP contribution >= 0.6 is 0 Å². The van der Waals surface area contributed by atoms with Crippen molar-refractivity contribution >= 4 is 21.6 Å². The van der Waals surface area contributed by atoms with Crippen LogP contribution in [0, 0.1) is 5.92 Å². The minimum atomic E-state index is -3.47. The SMILES string of the molecule is CC(C)CNC(=O)c1ccccc1NS(=O)(=O)C(C)C. The maximum Gasteiger partial charge on any atom is 0.253 e. The van der Waals surface area contributed by atoms with E-state index in [-0.39, 0.29) is 5.91 Å². The molecule has 6 heteroatoms. The van der Waals surface area contributed by atoms with Crippen molar-refractivity contribution in [3.63, 3.8) is 0 Å². The van der Waals surface area contributed by atoms with Gasteiger partial charge in [0.1, 0.15) is 0 Å².